The normalized spacial score (nSPS) is 11.7. The molecule has 0 aromatic carbocycles. The molecule has 1 N–H and O–H groups in total. The topological polar surface area (TPSA) is 68.0 Å². The van der Waals surface area contributed by atoms with Crippen molar-refractivity contribution in [3.63, 3.8) is 0 Å². The molecule has 2 aromatic rings. The first-order chi connectivity index (χ1) is 7.89. The average molecular weight is 263 g/mol. The summed E-state index contributed by atoms with van der Waals surface area (Å²) in [5.41, 5.74) is -1.31. The zero-order valence-corrected chi connectivity index (χ0v) is 8.79. The molecule has 0 radical (unpaired) electrons. The molecule has 0 unspecified atom stereocenters. The molecule has 0 bridgehead atoms. The van der Waals surface area contributed by atoms with Crippen LogP contribution < -0.4 is 0 Å². The summed E-state index contributed by atoms with van der Waals surface area (Å²) in [5.74, 6) is -1.29. The summed E-state index contributed by atoms with van der Waals surface area (Å²) in [5, 5.41) is 13.1. The van der Waals surface area contributed by atoms with Gasteiger partial charge in [-0.1, -0.05) is 0 Å². The van der Waals surface area contributed by atoms with Crippen LogP contribution in [0.5, 0.6) is 0 Å². The number of nitrogens with zero attached hydrogens (tertiary/aromatic N) is 3. The fourth-order valence-electron chi connectivity index (χ4n) is 1.11. The summed E-state index contributed by atoms with van der Waals surface area (Å²) in [6.45, 7) is 0. The summed E-state index contributed by atoms with van der Waals surface area (Å²) in [7, 11) is 0. The highest BCUT2D eigenvalue weighted by Gasteiger charge is 2.34. The molecular formula is C8H4F3N3O2S. The van der Waals surface area contributed by atoms with Gasteiger partial charge in [0.05, 0.1) is 6.20 Å². The van der Waals surface area contributed by atoms with Gasteiger partial charge in [-0.2, -0.15) is 23.0 Å². The van der Waals surface area contributed by atoms with E-state index in [1.165, 1.54) is 12.3 Å². The number of hydrogen-bond acceptors (Lipinski definition) is 4. The minimum absolute atomic E-state index is 0.139. The highest BCUT2D eigenvalue weighted by Crippen LogP contribution is 2.31. The van der Waals surface area contributed by atoms with Crippen LogP contribution in [0.2, 0.25) is 0 Å². The van der Waals surface area contributed by atoms with Gasteiger partial charge in [-0.3, -0.25) is 0 Å². The molecule has 0 aliphatic rings. The van der Waals surface area contributed by atoms with Crippen LogP contribution in [0.3, 0.4) is 0 Å². The summed E-state index contributed by atoms with van der Waals surface area (Å²) in [6.07, 6.45) is -3.37. The molecule has 0 spiro atoms. The zero-order valence-electron chi connectivity index (χ0n) is 7.97. The second-order valence-corrected chi connectivity index (χ2v) is 3.78. The molecular weight excluding hydrogens is 259 g/mol. The lowest BCUT2D eigenvalue weighted by atomic mass is 10.4. The largest absolute Gasteiger partial charge is 0.477 e. The van der Waals surface area contributed by atoms with Crippen molar-refractivity contribution in [1.29, 1.82) is 0 Å². The second kappa shape index (κ2) is 3.84. The van der Waals surface area contributed by atoms with Gasteiger partial charge in [-0.25, -0.2) is 9.78 Å². The van der Waals surface area contributed by atoms with Crippen molar-refractivity contribution >= 4 is 17.3 Å². The molecule has 9 heteroatoms. The van der Waals surface area contributed by atoms with E-state index in [1.54, 1.807) is 0 Å². The third kappa shape index (κ3) is 2.13. The van der Waals surface area contributed by atoms with Gasteiger partial charge < -0.3 is 5.11 Å². The van der Waals surface area contributed by atoms with Crippen molar-refractivity contribution in [1.82, 2.24) is 14.8 Å². The number of hydrogen-bond donors (Lipinski definition) is 1. The molecule has 0 aliphatic heterocycles. The van der Waals surface area contributed by atoms with Crippen molar-refractivity contribution in [2.45, 2.75) is 6.18 Å². The molecule has 2 aromatic heterocycles. The minimum Gasteiger partial charge on any atom is -0.477 e. The Balaban J connectivity index is 2.44. The third-order valence-corrected chi connectivity index (χ3v) is 2.64. The molecule has 2 rings (SSSR count). The van der Waals surface area contributed by atoms with Crippen molar-refractivity contribution < 1.29 is 23.1 Å². The zero-order chi connectivity index (χ0) is 12.6. The van der Waals surface area contributed by atoms with Crippen LogP contribution in [-0.4, -0.2) is 25.8 Å². The van der Waals surface area contributed by atoms with Crippen molar-refractivity contribution in [2.24, 2.45) is 0 Å². The molecule has 0 amide bonds. The van der Waals surface area contributed by atoms with Crippen LogP contribution in [0.15, 0.2) is 17.6 Å². The predicted molar refractivity (Wildman–Crippen MR) is 51.2 cm³/mol. The maximum absolute atomic E-state index is 12.3. The third-order valence-electron chi connectivity index (χ3n) is 1.83. The lowest BCUT2D eigenvalue weighted by Gasteiger charge is -2.01. The Kier molecular flexibility index (Phi) is 2.62. The van der Waals surface area contributed by atoms with E-state index in [1.807, 2.05) is 0 Å². The van der Waals surface area contributed by atoms with E-state index in [0.717, 1.165) is 10.1 Å². The molecule has 0 aliphatic carbocycles. The van der Waals surface area contributed by atoms with Gasteiger partial charge in [0.25, 0.3) is 0 Å². The molecule has 17 heavy (non-hydrogen) atoms. The van der Waals surface area contributed by atoms with Gasteiger partial charge in [-0.05, 0) is 6.07 Å². The Bertz CT molecular complexity index is 560. The molecule has 0 atom stereocenters. The van der Waals surface area contributed by atoms with Gasteiger partial charge in [0.1, 0.15) is 0 Å². The Morgan fingerprint density at radius 3 is 2.71 bits per heavy atom. The highest BCUT2D eigenvalue weighted by molar-refractivity contribution is 7.12. The van der Waals surface area contributed by atoms with Crippen molar-refractivity contribution in [2.75, 3.05) is 0 Å². The van der Waals surface area contributed by atoms with Crippen LogP contribution in [0.4, 0.5) is 13.2 Å². The summed E-state index contributed by atoms with van der Waals surface area (Å²) < 4.78 is 37.7. The Morgan fingerprint density at radius 2 is 2.18 bits per heavy atom. The number of rotatable bonds is 2. The van der Waals surface area contributed by atoms with E-state index in [-0.39, 0.29) is 10.8 Å². The van der Waals surface area contributed by atoms with Crippen LogP contribution in [0.1, 0.15) is 16.2 Å². The molecule has 0 saturated carbocycles. The standard InChI is InChI=1S/C8H4F3N3O2S/c9-8(10,11)5-3-17-7(13-5)14-4(6(15)16)1-2-12-14/h1-3H,(H,15,16). The highest BCUT2D eigenvalue weighted by atomic mass is 32.1. The maximum Gasteiger partial charge on any atom is 0.434 e. The number of alkyl halides is 3. The van der Waals surface area contributed by atoms with Gasteiger partial charge in [-0.15, -0.1) is 11.3 Å². The number of halogens is 3. The molecule has 2 heterocycles. The Morgan fingerprint density at radius 1 is 1.47 bits per heavy atom. The van der Waals surface area contributed by atoms with E-state index in [9.17, 15) is 18.0 Å². The monoisotopic (exact) mass is 263 g/mol. The van der Waals surface area contributed by atoms with Crippen molar-refractivity contribution in [3.05, 3.63) is 29.0 Å². The van der Waals surface area contributed by atoms with Crippen LogP contribution in [-0.2, 0) is 6.18 Å². The fourth-order valence-corrected chi connectivity index (χ4v) is 1.91. The summed E-state index contributed by atoms with van der Waals surface area (Å²) in [4.78, 5) is 14.1. The summed E-state index contributed by atoms with van der Waals surface area (Å²) >= 11 is 0.672. The van der Waals surface area contributed by atoms with E-state index in [4.69, 9.17) is 5.11 Å². The van der Waals surface area contributed by atoms with Crippen LogP contribution >= 0.6 is 11.3 Å². The first kappa shape index (κ1) is 11.6. The molecule has 5 nitrogen and oxygen atoms in total. The smallest absolute Gasteiger partial charge is 0.434 e. The minimum atomic E-state index is -4.55. The number of carboxylic acid groups (broad SMARTS) is 1. The number of carboxylic acids is 1. The number of aromatic nitrogens is 3. The number of carbonyl (C=O) groups is 1. The summed E-state index contributed by atoms with van der Waals surface area (Å²) in [6, 6.07) is 1.18. The van der Waals surface area contributed by atoms with Gasteiger partial charge in [0.15, 0.2) is 11.4 Å². The quantitative estimate of drug-likeness (QED) is 0.900. The number of aromatic carboxylic acids is 1. The fraction of sp³-hybridized carbons (Fsp3) is 0.125. The lowest BCUT2D eigenvalue weighted by molar-refractivity contribution is -0.140. The van der Waals surface area contributed by atoms with Gasteiger partial charge in [0, 0.05) is 5.38 Å². The Labute approximate surface area is 96.1 Å². The first-order valence-electron chi connectivity index (χ1n) is 4.20. The van der Waals surface area contributed by atoms with E-state index < -0.39 is 17.8 Å². The molecule has 0 saturated heterocycles. The first-order valence-corrected chi connectivity index (χ1v) is 5.08. The van der Waals surface area contributed by atoms with E-state index >= 15 is 0 Å². The second-order valence-electron chi connectivity index (χ2n) is 2.95. The van der Waals surface area contributed by atoms with Crippen molar-refractivity contribution in [3.8, 4) is 5.13 Å². The van der Waals surface area contributed by atoms with E-state index in [0.29, 0.717) is 11.3 Å². The average Bonchev–Trinajstić information content (AvgIpc) is 2.85. The molecule has 0 fully saturated rings. The van der Waals surface area contributed by atoms with Gasteiger partial charge in [0.2, 0.25) is 5.13 Å². The Hall–Kier alpha value is -1.90. The van der Waals surface area contributed by atoms with Gasteiger partial charge >= 0.3 is 12.1 Å². The van der Waals surface area contributed by atoms with Crippen LogP contribution in [0.25, 0.3) is 5.13 Å². The lowest BCUT2D eigenvalue weighted by Crippen LogP contribution is -2.09. The van der Waals surface area contributed by atoms with E-state index in [2.05, 4.69) is 10.1 Å². The van der Waals surface area contributed by atoms with Crippen LogP contribution in [0, 0.1) is 0 Å². The molecule has 90 valence electrons. The maximum atomic E-state index is 12.3. The number of thiazole rings is 1. The predicted octanol–water partition coefficient (Wildman–Crippen LogP) is 2.05. The SMILES string of the molecule is O=C(O)c1ccnn1-c1nc(C(F)(F)F)cs1.